The average molecular weight is 419 g/mol. The molecule has 0 rings (SSSR count). The number of aliphatic hydroxyl groups excluding tert-OH is 1. The largest absolute Gasteiger partial charge is 0.429 e. The van der Waals surface area contributed by atoms with Gasteiger partial charge in [-0.15, -0.1) is 0 Å². The lowest BCUT2D eigenvalue weighted by atomic mass is 10.1. The maximum absolute atomic E-state index is 11.8. The van der Waals surface area contributed by atoms with Crippen molar-refractivity contribution in [1.82, 2.24) is 0 Å². The van der Waals surface area contributed by atoms with E-state index in [1.807, 2.05) is 0 Å². The van der Waals surface area contributed by atoms with Gasteiger partial charge in [-0.05, 0) is 12.8 Å². The highest BCUT2D eigenvalue weighted by Gasteiger charge is 2.43. The van der Waals surface area contributed by atoms with Crippen LogP contribution in [-0.4, -0.2) is 40.5 Å². The van der Waals surface area contributed by atoms with Crippen LogP contribution in [0.1, 0.15) is 104 Å². The van der Waals surface area contributed by atoms with Crippen LogP contribution in [0.2, 0.25) is 0 Å². The van der Waals surface area contributed by atoms with Crippen molar-refractivity contribution in [2.24, 2.45) is 0 Å². The van der Waals surface area contributed by atoms with Crippen LogP contribution in [0.25, 0.3) is 0 Å². The van der Waals surface area contributed by atoms with Gasteiger partial charge in [-0.25, -0.2) is 19.4 Å². The summed E-state index contributed by atoms with van der Waals surface area (Å²) < 4.78 is 4.63. The van der Waals surface area contributed by atoms with Crippen LogP contribution in [0.5, 0.6) is 0 Å². The quantitative estimate of drug-likeness (QED) is 0.121. The van der Waals surface area contributed by atoms with E-state index >= 15 is 0 Å². The first-order chi connectivity index (χ1) is 13.9. The Kier molecular flexibility index (Phi) is 16.2. The van der Waals surface area contributed by atoms with Crippen molar-refractivity contribution in [3.8, 4) is 0 Å². The number of aliphatic hydroxyl groups is 2. The van der Waals surface area contributed by atoms with Gasteiger partial charge in [0.15, 0.2) is 0 Å². The molecule has 0 fully saturated rings. The Hall–Kier alpha value is -1.67. The van der Waals surface area contributed by atoms with Crippen LogP contribution in [0.15, 0.2) is 0 Å². The first-order valence-electron chi connectivity index (χ1n) is 10.9. The molecular weight excluding hydrogens is 380 g/mol. The predicted molar refractivity (Wildman–Crippen MR) is 106 cm³/mol. The van der Waals surface area contributed by atoms with Gasteiger partial charge in [0.1, 0.15) is 6.61 Å². The summed E-state index contributed by atoms with van der Waals surface area (Å²) in [6.45, 7) is 3.01. The number of carbonyl (C=O) groups excluding carboxylic acids is 3. The summed E-state index contributed by atoms with van der Waals surface area (Å²) in [6.07, 6.45) is 11.7. The third kappa shape index (κ3) is 14.0. The average Bonchev–Trinajstić information content (AvgIpc) is 2.70. The van der Waals surface area contributed by atoms with Crippen molar-refractivity contribution in [2.45, 2.75) is 110 Å². The van der Waals surface area contributed by atoms with Crippen LogP contribution in [0.3, 0.4) is 0 Å². The van der Waals surface area contributed by atoms with Gasteiger partial charge in [0.25, 0.3) is 0 Å². The molecule has 8 nitrogen and oxygen atoms in total. The van der Waals surface area contributed by atoms with Crippen LogP contribution >= 0.6 is 0 Å². The highest BCUT2D eigenvalue weighted by molar-refractivity contribution is 5.82. The zero-order valence-corrected chi connectivity index (χ0v) is 18.0. The lowest BCUT2D eigenvalue weighted by Crippen LogP contribution is -2.48. The van der Waals surface area contributed by atoms with Crippen molar-refractivity contribution in [3.63, 3.8) is 0 Å². The molecule has 0 spiro atoms. The smallest absolute Gasteiger partial charge is 0.419 e. The fourth-order valence-electron chi connectivity index (χ4n) is 2.67. The van der Waals surface area contributed by atoms with Crippen LogP contribution < -0.4 is 0 Å². The molecule has 0 saturated heterocycles. The van der Waals surface area contributed by atoms with Crippen molar-refractivity contribution in [2.75, 3.05) is 6.61 Å². The molecule has 8 heteroatoms. The number of carbonyl (C=O) groups is 3. The summed E-state index contributed by atoms with van der Waals surface area (Å²) in [6, 6.07) is 0. The molecule has 0 aliphatic carbocycles. The highest BCUT2D eigenvalue weighted by Crippen LogP contribution is 2.14. The van der Waals surface area contributed by atoms with Crippen molar-refractivity contribution in [3.05, 3.63) is 0 Å². The van der Waals surface area contributed by atoms with E-state index in [0.29, 0.717) is 12.8 Å². The van der Waals surface area contributed by atoms with Gasteiger partial charge < -0.3 is 14.9 Å². The van der Waals surface area contributed by atoms with E-state index in [9.17, 15) is 24.6 Å². The van der Waals surface area contributed by atoms with Gasteiger partial charge in [-0.2, -0.15) is 0 Å². The summed E-state index contributed by atoms with van der Waals surface area (Å²) in [7, 11) is 0. The minimum atomic E-state index is -2.89. The molecule has 0 aliphatic rings. The summed E-state index contributed by atoms with van der Waals surface area (Å²) >= 11 is 0. The van der Waals surface area contributed by atoms with Gasteiger partial charge >= 0.3 is 23.7 Å². The molecule has 0 aromatic rings. The van der Waals surface area contributed by atoms with Crippen molar-refractivity contribution in [1.29, 1.82) is 0 Å². The zero-order valence-electron chi connectivity index (χ0n) is 18.0. The maximum Gasteiger partial charge on any atom is 0.429 e. The first-order valence-corrected chi connectivity index (χ1v) is 10.9. The molecule has 170 valence electrons. The molecule has 1 unspecified atom stereocenters. The van der Waals surface area contributed by atoms with E-state index in [2.05, 4.69) is 28.4 Å². The Morgan fingerprint density at radius 1 is 0.690 bits per heavy atom. The number of ether oxygens (including phenoxy) is 1. The fourth-order valence-corrected chi connectivity index (χ4v) is 2.67. The van der Waals surface area contributed by atoms with Crippen LogP contribution in [0, 0.1) is 0 Å². The Morgan fingerprint density at radius 3 is 1.62 bits per heavy atom. The number of rotatable bonds is 17. The van der Waals surface area contributed by atoms with Gasteiger partial charge in [-0.1, -0.05) is 78.1 Å². The summed E-state index contributed by atoms with van der Waals surface area (Å²) in [5, 5.41) is 19.2. The van der Waals surface area contributed by atoms with Gasteiger partial charge in [0.2, 0.25) is 0 Å². The maximum atomic E-state index is 11.8. The first kappa shape index (κ1) is 27.3. The molecule has 0 bridgehead atoms. The van der Waals surface area contributed by atoms with Crippen molar-refractivity contribution >= 4 is 17.9 Å². The Morgan fingerprint density at radius 2 is 1.14 bits per heavy atom. The molecule has 0 aliphatic heterocycles. The number of hydrogen-bond acceptors (Lipinski definition) is 8. The summed E-state index contributed by atoms with van der Waals surface area (Å²) in [4.78, 5) is 43.8. The Labute approximate surface area is 173 Å². The monoisotopic (exact) mass is 418 g/mol. The molecule has 1 atom stereocenters. The third-order valence-corrected chi connectivity index (χ3v) is 4.50. The lowest BCUT2D eigenvalue weighted by Gasteiger charge is -2.22. The topological polar surface area (TPSA) is 119 Å². The Bertz CT molecular complexity index is 466. The van der Waals surface area contributed by atoms with E-state index in [4.69, 9.17) is 0 Å². The minimum Gasteiger partial charge on any atom is -0.419 e. The normalized spacial score (nSPS) is 12.8. The molecule has 0 radical (unpaired) electrons. The number of hydrogen-bond donors (Lipinski definition) is 2. The highest BCUT2D eigenvalue weighted by atomic mass is 17.2. The molecule has 0 heterocycles. The standard InChI is InChI=1S/C21H38O8/c1-3-5-7-9-10-12-14-16-19(24)28-29-20(25)21(26,17-22)27-18(23)15-13-11-8-6-4-2/h22,26H,3-17H2,1-2H3. The van der Waals surface area contributed by atoms with Gasteiger partial charge in [-0.3, -0.25) is 4.79 Å². The van der Waals surface area contributed by atoms with Gasteiger partial charge in [0, 0.05) is 6.42 Å². The lowest BCUT2D eigenvalue weighted by molar-refractivity contribution is -0.295. The zero-order chi connectivity index (χ0) is 22.0. The van der Waals surface area contributed by atoms with E-state index in [0.717, 1.165) is 44.9 Å². The van der Waals surface area contributed by atoms with E-state index < -0.39 is 30.3 Å². The molecule has 0 amide bonds. The summed E-state index contributed by atoms with van der Waals surface area (Å²) in [5.74, 6) is -6.05. The van der Waals surface area contributed by atoms with Crippen molar-refractivity contribution < 1.29 is 39.1 Å². The molecule has 2 N–H and O–H groups in total. The Balaban J connectivity index is 4.09. The van der Waals surface area contributed by atoms with E-state index in [1.54, 1.807) is 0 Å². The second kappa shape index (κ2) is 17.2. The summed E-state index contributed by atoms with van der Waals surface area (Å²) in [5.41, 5.74) is 0. The predicted octanol–water partition coefficient (Wildman–Crippen LogP) is 3.71. The van der Waals surface area contributed by atoms with Gasteiger partial charge in [0.05, 0.1) is 6.42 Å². The second-order valence-corrected chi connectivity index (χ2v) is 7.28. The molecular formula is C21H38O8. The van der Waals surface area contributed by atoms with Crippen LogP contribution in [-0.2, 0) is 28.9 Å². The molecule has 0 aromatic carbocycles. The van der Waals surface area contributed by atoms with Crippen LogP contribution in [0.4, 0.5) is 0 Å². The SMILES string of the molecule is CCCCCCCCCC(=O)OOC(=O)C(O)(CO)OC(=O)CCCCCCC. The minimum absolute atomic E-state index is 0.00263. The molecule has 29 heavy (non-hydrogen) atoms. The number of esters is 1. The fraction of sp³-hybridized carbons (Fsp3) is 0.857. The second-order valence-electron chi connectivity index (χ2n) is 7.28. The third-order valence-electron chi connectivity index (χ3n) is 4.50. The van der Waals surface area contributed by atoms with E-state index in [-0.39, 0.29) is 12.8 Å². The number of unbranched alkanes of at least 4 members (excludes halogenated alkanes) is 10. The molecule has 0 aromatic heterocycles. The van der Waals surface area contributed by atoms with E-state index in [1.165, 1.54) is 19.3 Å². The molecule has 0 saturated carbocycles.